The highest BCUT2D eigenvalue weighted by atomic mass is 16.2. The molecular formula is C12H20N4O. The molecule has 1 amide bonds. The monoisotopic (exact) mass is 236 g/mol. The van der Waals surface area contributed by atoms with Gasteiger partial charge < -0.3 is 10.2 Å². The number of carbonyl (C=O) groups excluding carboxylic acids is 1. The zero-order chi connectivity index (χ0) is 12.6. The summed E-state index contributed by atoms with van der Waals surface area (Å²) in [5.74, 6) is 1.62. The fraction of sp³-hybridized carbons (Fsp3) is 0.667. The summed E-state index contributed by atoms with van der Waals surface area (Å²) in [6, 6.07) is 0. The van der Waals surface area contributed by atoms with Gasteiger partial charge >= 0.3 is 0 Å². The van der Waals surface area contributed by atoms with E-state index in [-0.39, 0.29) is 5.91 Å². The molecule has 94 valence electrons. The maximum atomic E-state index is 11.7. The average molecular weight is 236 g/mol. The Labute approximate surface area is 102 Å². The molecule has 0 saturated carbocycles. The Balaban J connectivity index is 2.41. The molecule has 5 nitrogen and oxygen atoms in total. The van der Waals surface area contributed by atoms with E-state index in [1.165, 1.54) is 0 Å². The van der Waals surface area contributed by atoms with Gasteiger partial charge in [0.2, 0.25) is 5.91 Å². The average Bonchev–Trinajstić information content (AvgIpc) is 2.54. The Kier molecular flexibility index (Phi) is 3.09. The first-order valence-corrected chi connectivity index (χ1v) is 6.13. The van der Waals surface area contributed by atoms with E-state index >= 15 is 0 Å². The van der Waals surface area contributed by atoms with Crippen LogP contribution in [0.25, 0.3) is 0 Å². The van der Waals surface area contributed by atoms with Crippen LogP contribution in [0.1, 0.15) is 26.5 Å². The lowest BCUT2D eigenvalue weighted by Crippen LogP contribution is -2.41. The zero-order valence-corrected chi connectivity index (χ0v) is 10.9. The number of carbonyl (C=O) groups is 1. The molecule has 0 atom stereocenters. The van der Waals surface area contributed by atoms with Crippen molar-refractivity contribution < 1.29 is 4.79 Å². The number of hydrogen-bond acceptors (Lipinski definition) is 3. The van der Waals surface area contributed by atoms with E-state index in [1.54, 1.807) is 0 Å². The molecule has 17 heavy (non-hydrogen) atoms. The van der Waals surface area contributed by atoms with Crippen molar-refractivity contribution in [2.24, 2.45) is 13.0 Å². The number of amides is 1. The number of anilines is 2. The van der Waals surface area contributed by atoms with Crippen molar-refractivity contribution in [3.05, 3.63) is 5.69 Å². The molecular weight excluding hydrogens is 216 g/mol. The van der Waals surface area contributed by atoms with Crippen LogP contribution in [0.15, 0.2) is 0 Å². The highest BCUT2D eigenvalue weighted by molar-refractivity contribution is 6.01. The predicted octanol–water partition coefficient (Wildman–Crippen LogP) is 1.40. The molecule has 0 bridgehead atoms. The minimum absolute atomic E-state index is 0.0563. The lowest BCUT2D eigenvalue weighted by molar-refractivity contribution is -0.115. The molecule has 5 heteroatoms. The zero-order valence-electron chi connectivity index (χ0n) is 10.9. The van der Waals surface area contributed by atoms with Crippen LogP contribution in [0.5, 0.6) is 0 Å². The number of rotatable bonds is 3. The SMILES string of the molecule is CCc1nn(C)c2c1NC(=O)CN2CC(C)C. The molecule has 0 spiro atoms. The summed E-state index contributed by atoms with van der Waals surface area (Å²) in [6.07, 6.45) is 0.832. The maximum Gasteiger partial charge on any atom is 0.244 e. The van der Waals surface area contributed by atoms with E-state index in [0.717, 1.165) is 30.2 Å². The van der Waals surface area contributed by atoms with Crippen LogP contribution < -0.4 is 10.2 Å². The van der Waals surface area contributed by atoms with E-state index < -0.39 is 0 Å². The molecule has 2 rings (SSSR count). The molecule has 0 radical (unpaired) electrons. The highest BCUT2D eigenvalue weighted by Gasteiger charge is 2.28. The molecule has 1 aromatic heterocycles. The van der Waals surface area contributed by atoms with Gasteiger partial charge in [0.1, 0.15) is 5.69 Å². The van der Waals surface area contributed by atoms with Crippen LogP contribution in [0, 0.1) is 5.92 Å². The van der Waals surface area contributed by atoms with Crippen LogP contribution in [0.3, 0.4) is 0 Å². The van der Waals surface area contributed by atoms with Gasteiger partial charge in [-0.15, -0.1) is 0 Å². The summed E-state index contributed by atoms with van der Waals surface area (Å²) < 4.78 is 1.87. The van der Waals surface area contributed by atoms with Gasteiger partial charge in [0, 0.05) is 13.6 Å². The first kappa shape index (κ1) is 12.0. The van der Waals surface area contributed by atoms with Gasteiger partial charge in [-0.05, 0) is 12.3 Å². The highest BCUT2D eigenvalue weighted by Crippen LogP contribution is 2.32. The third-order valence-electron chi connectivity index (χ3n) is 2.91. The van der Waals surface area contributed by atoms with Crippen molar-refractivity contribution in [1.29, 1.82) is 0 Å². The Morgan fingerprint density at radius 2 is 2.18 bits per heavy atom. The molecule has 1 N–H and O–H groups in total. The lowest BCUT2D eigenvalue weighted by Gasteiger charge is -2.30. The van der Waals surface area contributed by atoms with Crippen molar-refractivity contribution in [3.63, 3.8) is 0 Å². The third kappa shape index (κ3) is 2.14. The molecule has 2 heterocycles. The Morgan fingerprint density at radius 1 is 1.47 bits per heavy atom. The van der Waals surface area contributed by atoms with E-state index in [9.17, 15) is 4.79 Å². The second-order valence-corrected chi connectivity index (χ2v) is 4.95. The summed E-state index contributed by atoms with van der Waals surface area (Å²) in [7, 11) is 1.93. The van der Waals surface area contributed by atoms with Gasteiger partial charge in [0.15, 0.2) is 5.82 Å². The molecule has 1 aliphatic heterocycles. The second-order valence-electron chi connectivity index (χ2n) is 4.95. The van der Waals surface area contributed by atoms with Crippen LogP contribution >= 0.6 is 0 Å². The quantitative estimate of drug-likeness (QED) is 0.863. The molecule has 0 unspecified atom stereocenters. The van der Waals surface area contributed by atoms with Gasteiger partial charge in [0.05, 0.1) is 12.2 Å². The second kappa shape index (κ2) is 4.39. The summed E-state index contributed by atoms with van der Waals surface area (Å²) in [5, 5.41) is 7.40. The molecule has 0 aliphatic carbocycles. The topological polar surface area (TPSA) is 50.2 Å². The predicted molar refractivity (Wildman–Crippen MR) is 68.3 cm³/mol. The van der Waals surface area contributed by atoms with E-state index in [4.69, 9.17) is 0 Å². The standard InChI is InChI=1S/C12H20N4O/c1-5-9-11-12(15(4)14-9)16(6-8(2)3)7-10(17)13-11/h8H,5-7H2,1-4H3,(H,13,17). The summed E-state index contributed by atoms with van der Waals surface area (Å²) >= 11 is 0. The van der Waals surface area contributed by atoms with Gasteiger partial charge in [-0.25, -0.2) is 0 Å². The fourth-order valence-corrected chi connectivity index (χ4v) is 2.33. The van der Waals surface area contributed by atoms with Crippen LogP contribution in [-0.4, -0.2) is 28.8 Å². The Morgan fingerprint density at radius 3 is 2.76 bits per heavy atom. The fourth-order valence-electron chi connectivity index (χ4n) is 2.33. The molecule has 0 aromatic carbocycles. The first-order chi connectivity index (χ1) is 8.02. The largest absolute Gasteiger partial charge is 0.346 e. The number of aryl methyl sites for hydroxylation is 2. The van der Waals surface area contributed by atoms with Crippen molar-refractivity contribution in [3.8, 4) is 0 Å². The minimum atomic E-state index is 0.0563. The first-order valence-electron chi connectivity index (χ1n) is 6.13. The maximum absolute atomic E-state index is 11.7. The van der Waals surface area contributed by atoms with Crippen LogP contribution in [-0.2, 0) is 18.3 Å². The van der Waals surface area contributed by atoms with Crippen molar-refractivity contribution >= 4 is 17.4 Å². The number of fused-ring (bicyclic) bond motifs is 1. The van der Waals surface area contributed by atoms with Gasteiger partial charge in [-0.3, -0.25) is 9.48 Å². The molecule has 1 aromatic rings. The van der Waals surface area contributed by atoms with Crippen LogP contribution in [0.4, 0.5) is 11.5 Å². The summed E-state index contributed by atoms with van der Waals surface area (Å²) in [5.41, 5.74) is 1.86. The normalized spacial score (nSPS) is 15.1. The van der Waals surface area contributed by atoms with Crippen molar-refractivity contribution in [1.82, 2.24) is 9.78 Å². The minimum Gasteiger partial charge on any atom is -0.346 e. The number of hydrogen-bond donors (Lipinski definition) is 1. The third-order valence-corrected chi connectivity index (χ3v) is 2.91. The van der Waals surface area contributed by atoms with E-state index in [0.29, 0.717) is 12.5 Å². The summed E-state index contributed by atoms with van der Waals surface area (Å²) in [4.78, 5) is 13.8. The number of nitrogens with zero attached hydrogens (tertiary/aromatic N) is 3. The smallest absolute Gasteiger partial charge is 0.244 e. The Hall–Kier alpha value is -1.52. The van der Waals surface area contributed by atoms with E-state index in [1.807, 2.05) is 11.7 Å². The number of nitrogens with one attached hydrogen (secondary N) is 1. The van der Waals surface area contributed by atoms with E-state index in [2.05, 4.69) is 36.1 Å². The van der Waals surface area contributed by atoms with Gasteiger partial charge in [0.25, 0.3) is 0 Å². The van der Waals surface area contributed by atoms with Crippen LogP contribution in [0.2, 0.25) is 0 Å². The van der Waals surface area contributed by atoms with Crippen molar-refractivity contribution in [2.75, 3.05) is 23.3 Å². The number of aromatic nitrogens is 2. The van der Waals surface area contributed by atoms with Crippen molar-refractivity contribution in [2.45, 2.75) is 27.2 Å². The Bertz CT molecular complexity index is 436. The van der Waals surface area contributed by atoms with Gasteiger partial charge in [-0.1, -0.05) is 20.8 Å². The molecule has 1 aliphatic rings. The molecule has 0 fully saturated rings. The molecule has 0 saturated heterocycles. The lowest BCUT2D eigenvalue weighted by atomic mass is 10.1. The summed E-state index contributed by atoms with van der Waals surface area (Å²) in [6.45, 7) is 7.67. The van der Waals surface area contributed by atoms with Gasteiger partial charge in [-0.2, -0.15) is 5.10 Å².